The Kier molecular flexibility index (Phi) is 3.98. The predicted octanol–water partition coefficient (Wildman–Crippen LogP) is 3.51. The fourth-order valence-corrected chi connectivity index (χ4v) is 3.24. The summed E-state index contributed by atoms with van der Waals surface area (Å²) in [6, 6.07) is 15.5. The zero-order valence-corrected chi connectivity index (χ0v) is 14.1. The van der Waals surface area contributed by atoms with Gasteiger partial charge in [-0.3, -0.25) is 4.79 Å². The third kappa shape index (κ3) is 3.01. The van der Waals surface area contributed by atoms with Gasteiger partial charge in [0, 0.05) is 42.4 Å². The molecule has 2 aromatic carbocycles. The Bertz CT molecular complexity index is 885. The molecule has 4 rings (SSSR count). The highest BCUT2D eigenvalue weighted by molar-refractivity contribution is 6.04. The third-order valence-electron chi connectivity index (χ3n) is 4.62. The Balaban J connectivity index is 1.51. The van der Waals surface area contributed by atoms with E-state index in [0.29, 0.717) is 5.56 Å². The van der Waals surface area contributed by atoms with Crippen LogP contribution in [-0.2, 0) is 6.42 Å². The lowest BCUT2D eigenvalue weighted by Gasteiger charge is -2.17. The van der Waals surface area contributed by atoms with Gasteiger partial charge >= 0.3 is 0 Å². The fourth-order valence-electron chi connectivity index (χ4n) is 3.24. The average Bonchev–Trinajstić information content (AvgIpc) is 3.31. The van der Waals surface area contributed by atoms with Crippen molar-refractivity contribution in [2.45, 2.75) is 13.3 Å². The number of hydrogen-bond acceptors (Lipinski definition) is 3. The smallest absolute Gasteiger partial charge is 0.255 e. The van der Waals surface area contributed by atoms with Crippen molar-refractivity contribution in [3.05, 3.63) is 72.1 Å². The summed E-state index contributed by atoms with van der Waals surface area (Å²) in [6.07, 6.45) is 4.68. The quantitative estimate of drug-likeness (QED) is 0.795. The van der Waals surface area contributed by atoms with Crippen molar-refractivity contribution >= 4 is 17.3 Å². The maximum Gasteiger partial charge on any atom is 0.255 e. The van der Waals surface area contributed by atoms with Crippen molar-refractivity contribution in [3.8, 4) is 5.69 Å². The number of hydrogen-bond donors (Lipinski definition) is 1. The van der Waals surface area contributed by atoms with E-state index < -0.39 is 0 Å². The van der Waals surface area contributed by atoms with Crippen molar-refractivity contribution in [1.82, 2.24) is 9.78 Å². The molecule has 0 spiro atoms. The van der Waals surface area contributed by atoms with Crippen molar-refractivity contribution in [2.75, 3.05) is 23.3 Å². The predicted molar refractivity (Wildman–Crippen MR) is 99.6 cm³/mol. The van der Waals surface area contributed by atoms with Gasteiger partial charge in [0.15, 0.2) is 0 Å². The van der Waals surface area contributed by atoms with E-state index in [1.807, 2.05) is 42.6 Å². The molecule has 25 heavy (non-hydrogen) atoms. The molecule has 0 saturated carbocycles. The molecule has 126 valence electrons. The summed E-state index contributed by atoms with van der Waals surface area (Å²) in [5.41, 5.74) is 4.97. The Morgan fingerprint density at radius 1 is 1.20 bits per heavy atom. The number of carbonyl (C=O) groups is 1. The summed E-state index contributed by atoms with van der Waals surface area (Å²) in [5.74, 6) is -0.104. The van der Waals surface area contributed by atoms with Crippen LogP contribution in [-0.4, -0.2) is 28.8 Å². The molecule has 1 aliphatic rings. The van der Waals surface area contributed by atoms with Crippen LogP contribution in [0.25, 0.3) is 5.69 Å². The van der Waals surface area contributed by atoms with E-state index in [-0.39, 0.29) is 5.91 Å². The Hall–Kier alpha value is -3.08. The van der Waals surface area contributed by atoms with Gasteiger partial charge in [0.2, 0.25) is 0 Å². The Labute approximate surface area is 146 Å². The van der Waals surface area contributed by atoms with Gasteiger partial charge in [-0.1, -0.05) is 6.07 Å². The largest absolute Gasteiger partial charge is 0.371 e. The van der Waals surface area contributed by atoms with Crippen LogP contribution >= 0.6 is 0 Å². The standard InChI is InChI=1S/C20H20N4O/c1-2-23-13-10-15-4-7-17(14-19(15)23)22-20(25)16-5-8-18(9-6-16)24-12-3-11-21-24/h3-9,11-12,14H,2,10,13H2,1H3,(H,22,25). The van der Waals surface area contributed by atoms with Crippen LogP contribution in [0.15, 0.2) is 60.9 Å². The molecule has 5 nitrogen and oxygen atoms in total. The number of carbonyl (C=O) groups excluding carboxylic acids is 1. The van der Waals surface area contributed by atoms with Gasteiger partial charge in [0.25, 0.3) is 5.91 Å². The zero-order valence-electron chi connectivity index (χ0n) is 14.1. The Morgan fingerprint density at radius 3 is 2.76 bits per heavy atom. The van der Waals surface area contributed by atoms with Gasteiger partial charge in [-0.05, 0) is 61.4 Å². The highest BCUT2D eigenvalue weighted by atomic mass is 16.1. The van der Waals surface area contributed by atoms with E-state index in [0.717, 1.165) is 30.9 Å². The number of benzene rings is 2. The van der Waals surface area contributed by atoms with Gasteiger partial charge < -0.3 is 10.2 Å². The number of rotatable bonds is 4. The van der Waals surface area contributed by atoms with Gasteiger partial charge in [-0.15, -0.1) is 0 Å². The van der Waals surface area contributed by atoms with Crippen LogP contribution in [0.5, 0.6) is 0 Å². The van der Waals surface area contributed by atoms with Crippen LogP contribution in [0.3, 0.4) is 0 Å². The minimum atomic E-state index is -0.104. The van der Waals surface area contributed by atoms with Crippen molar-refractivity contribution in [1.29, 1.82) is 0 Å². The summed E-state index contributed by atoms with van der Waals surface area (Å²) < 4.78 is 1.77. The summed E-state index contributed by atoms with van der Waals surface area (Å²) in [4.78, 5) is 14.9. The van der Waals surface area contributed by atoms with Crippen LogP contribution in [0.4, 0.5) is 11.4 Å². The lowest BCUT2D eigenvalue weighted by atomic mass is 10.1. The second kappa shape index (κ2) is 6.43. The van der Waals surface area contributed by atoms with Crippen LogP contribution in [0.2, 0.25) is 0 Å². The van der Waals surface area contributed by atoms with Gasteiger partial charge in [-0.25, -0.2) is 4.68 Å². The first-order valence-corrected chi connectivity index (χ1v) is 8.54. The van der Waals surface area contributed by atoms with Gasteiger partial charge in [-0.2, -0.15) is 5.10 Å². The second-order valence-corrected chi connectivity index (χ2v) is 6.12. The number of anilines is 2. The summed E-state index contributed by atoms with van der Waals surface area (Å²) >= 11 is 0. The minimum absolute atomic E-state index is 0.104. The molecule has 5 heteroatoms. The van der Waals surface area contributed by atoms with E-state index >= 15 is 0 Å². The number of aromatic nitrogens is 2. The molecule has 1 aliphatic heterocycles. The molecule has 0 fully saturated rings. The number of likely N-dealkylation sites (N-methyl/N-ethyl adjacent to an activating group) is 1. The van der Waals surface area contributed by atoms with Crippen LogP contribution in [0.1, 0.15) is 22.8 Å². The average molecular weight is 332 g/mol. The van der Waals surface area contributed by atoms with E-state index in [4.69, 9.17) is 0 Å². The molecule has 1 N–H and O–H groups in total. The lowest BCUT2D eigenvalue weighted by Crippen LogP contribution is -2.19. The molecule has 3 aromatic rings. The zero-order chi connectivity index (χ0) is 17.2. The topological polar surface area (TPSA) is 50.2 Å². The molecular formula is C20H20N4O. The van der Waals surface area contributed by atoms with Crippen molar-refractivity contribution in [3.63, 3.8) is 0 Å². The molecular weight excluding hydrogens is 312 g/mol. The molecule has 2 heterocycles. The molecule has 0 saturated heterocycles. The lowest BCUT2D eigenvalue weighted by molar-refractivity contribution is 0.102. The second-order valence-electron chi connectivity index (χ2n) is 6.12. The van der Waals surface area contributed by atoms with Crippen LogP contribution < -0.4 is 10.2 Å². The van der Waals surface area contributed by atoms with Crippen molar-refractivity contribution in [2.24, 2.45) is 0 Å². The summed E-state index contributed by atoms with van der Waals surface area (Å²) in [7, 11) is 0. The molecule has 0 unspecified atom stereocenters. The third-order valence-corrected chi connectivity index (χ3v) is 4.62. The minimum Gasteiger partial charge on any atom is -0.371 e. The molecule has 0 aliphatic carbocycles. The first-order chi connectivity index (χ1) is 12.2. The first-order valence-electron chi connectivity index (χ1n) is 8.54. The van der Waals surface area contributed by atoms with E-state index in [9.17, 15) is 4.79 Å². The number of fused-ring (bicyclic) bond motifs is 1. The highest BCUT2D eigenvalue weighted by Crippen LogP contribution is 2.30. The van der Waals surface area contributed by atoms with Crippen molar-refractivity contribution < 1.29 is 4.79 Å². The van der Waals surface area contributed by atoms with Crippen LogP contribution in [0, 0.1) is 0 Å². The summed E-state index contributed by atoms with van der Waals surface area (Å²) in [6.45, 7) is 4.19. The molecule has 0 bridgehead atoms. The molecule has 0 atom stereocenters. The maximum atomic E-state index is 12.5. The van der Waals surface area contributed by atoms with Gasteiger partial charge in [0.1, 0.15) is 0 Å². The highest BCUT2D eigenvalue weighted by Gasteiger charge is 2.18. The first kappa shape index (κ1) is 15.4. The van der Waals surface area contributed by atoms with E-state index in [1.54, 1.807) is 10.9 Å². The number of nitrogens with one attached hydrogen (secondary N) is 1. The summed E-state index contributed by atoms with van der Waals surface area (Å²) in [5, 5.41) is 7.19. The monoisotopic (exact) mass is 332 g/mol. The normalized spacial score (nSPS) is 12.9. The maximum absolute atomic E-state index is 12.5. The number of nitrogens with zero attached hydrogens (tertiary/aromatic N) is 3. The fraction of sp³-hybridized carbons (Fsp3) is 0.200. The molecule has 1 aromatic heterocycles. The Morgan fingerprint density at radius 2 is 2.04 bits per heavy atom. The molecule has 1 amide bonds. The molecule has 0 radical (unpaired) electrons. The number of amides is 1. The van der Waals surface area contributed by atoms with E-state index in [2.05, 4.69) is 34.4 Å². The van der Waals surface area contributed by atoms with Gasteiger partial charge in [0.05, 0.1) is 5.69 Å². The SMILES string of the molecule is CCN1CCc2ccc(NC(=O)c3ccc(-n4cccn4)cc3)cc21. The van der Waals surface area contributed by atoms with E-state index in [1.165, 1.54) is 11.3 Å².